The molecule has 2 aromatic heterocycles. The molecule has 2 heterocycles. The summed E-state index contributed by atoms with van der Waals surface area (Å²) < 4.78 is 7.42. The highest BCUT2D eigenvalue weighted by atomic mass is 32.2. The number of imidazole rings is 1. The minimum atomic E-state index is -0.939. The summed E-state index contributed by atoms with van der Waals surface area (Å²) in [5.41, 5.74) is 0. The van der Waals surface area contributed by atoms with Crippen LogP contribution in [0.3, 0.4) is 0 Å². The Labute approximate surface area is 131 Å². The molecule has 0 radical (unpaired) electrons. The van der Waals surface area contributed by atoms with Crippen molar-refractivity contribution in [1.82, 2.24) is 14.5 Å². The minimum Gasteiger partial charge on any atom is -0.481 e. The lowest BCUT2D eigenvalue weighted by molar-refractivity contribution is -0.137. The Hall–Kier alpha value is -2.22. The van der Waals surface area contributed by atoms with E-state index in [1.807, 2.05) is 17.8 Å². The van der Waals surface area contributed by atoms with E-state index in [1.165, 1.54) is 16.7 Å². The number of amides is 1. The van der Waals surface area contributed by atoms with E-state index in [9.17, 15) is 9.59 Å². The molecule has 0 bridgehead atoms. The van der Waals surface area contributed by atoms with Crippen LogP contribution in [-0.4, -0.2) is 45.0 Å². The molecule has 8 heteroatoms. The Morgan fingerprint density at radius 3 is 2.86 bits per heavy atom. The van der Waals surface area contributed by atoms with Crippen molar-refractivity contribution >= 4 is 23.6 Å². The van der Waals surface area contributed by atoms with Crippen molar-refractivity contribution in [3.05, 3.63) is 36.0 Å². The molecule has 118 valence electrons. The van der Waals surface area contributed by atoms with Gasteiger partial charge in [-0.1, -0.05) is 11.8 Å². The van der Waals surface area contributed by atoms with Crippen molar-refractivity contribution in [2.24, 2.45) is 7.05 Å². The summed E-state index contributed by atoms with van der Waals surface area (Å²) in [4.78, 5) is 28.1. The van der Waals surface area contributed by atoms with Gasteiger partial charge >= 0.3 is 5.97 Å². The smallest absolute Gasteiger partial charge is 0.305 e. The van der Waals surface area contributed by atoms with Gasteiger partial charge in [0.2, 0.25) is 0 Å². The molecule has 0 fully saturated rings. The van der Waals surface area contributed by atoms with Crippen LogP contribution in [0.1, 0.15) is 22.7 Å². The van der Waals surface area contributed by atoms with Crippen LogP contribution in [-0.2, 0) is 17.6 Å². The van der Waals surface area contributed by atoms with Crippen LogP contribution in [0.25, 0.3) is 0 Å². The van der Waals surface area contributed by atoms with E-state index in [2.05, 4.69) is 4.98 Å². The molecule has 1 N–H and O–H groups in total. The lowest BCUT2D eigenvalue weighted by Crippen LogP contribution is -2.28. The number of rotatable bonds is 7. The number of carboxylic acid groups (broad SMARTS) is 1. The fourth-order valence-corrected chi connectivity index (χ4v) is 2.58. The van der Waals surface area contributed by atoms with Crippen LogP contribution < -0.4 is 0 Å². The van der Waals surface area contributed by atoms with E-state index in [0.717, 1.165) is 5.16 Å². The maximum absolute atomic E-state index is 12.1. The number of hydrogen-bond acceptors (Lipinski definition) is 5. The fraction of sp³-hybridized carbons (Fsp3) is 0.357. The van der Waals surface area contributed by atoms with Crippen LogP contribution in [0.4, 0.5) is 0 Å². The number of hydrogen-bond donors (Lipinski definition) is 1. The van der Waals surface area contributed by atoms with Gasteiger partial charge < -0.3 is 19.0 Å². The number of carboxylic acids is 1. The number of aromatic nitrogens is 2. The first-order chi connectivity index (χ1) is 10.5. The van der Waals surface area contributed by atoms with Crippen molar-refractivity contribution in [2.45, 2.75) is 17.3 Å². The van der Waals surface area contributed by atoms with Crippen molar-refractivity contribution in [3.8, 4) is 0 Å². The second kappa shape index (κ2) is 7.17. The summed E-state index contributed by atoms with van der Waals surface area (Å²) in [7, 11) is 3.46. The van der Waals surface area contributed by atoms with E-state index >= 15 is 0 Å². The van der Waals surface area contributed by atoms with E-state index in [-0.39, 0.29) is 24.6 Å². The van der Waals surface area contributed by atoms with E-state index in [1.54, 1.807) is 25.4 Å². The second-order valence-corrected chi connectivity index (χ2v) is 5.69. The topological polar surface area (TPSA) is 88.6 Å². The minimum absolute atomic E-state index is 0.0924. The number of aryl methyl sites for hydroxylation is 1. The third-order valence-electron chi connectivity index (χ3n) is 3.00. The van der Waals surface area contributed by atoms with E-state index < -0.39 is 5.97 Å². The van der Waals surface area contributed by atoms with Crippen LogP contribution >= 0.6 is 11.8 Å². The van der Waals surface area contributed by atoms with E-state index in [4.69, 9.17) is 9.52 Å². The number of aliphatic carboxylic acids is 1. The third-order valence-corrected chi connectivity index (χ3v) is 4.08. The summed E-state index contributed by atoms with van der Waals surface area (Å²) >= 11 is 1.51. The maximum Gasteiger partial charge on any atom is 0.305 e. The molecule has 7 nitrogen and oxygen atoms in total. The summed E-state index contributed by atoms with van der Waals surface area (Å²) in [6, 6.07) is 3.35. The molecule has 0 atom stereocenters. The third kappa shape index (κ3) is 4.14. The highest BCUT2D eigenvalue weighted by Crippen LogP contribution is 2.22. The van der Waals surface area contributed by atoms with Crippen LogP contribution in [0.15, 0.2) is 34.1 Å². The molecule has 0 aromatic carbocycles. The fourth-order valence-electron chi connectivity index (χ4n) is 1.75. The zero-order chi connectivity index (χ0) is 16.1. The standard InChI is InChI=1S/C14H17N3O4S/c1-16(7-5-12(18)19)13(20)11-4-3-10(21-11)9-22-14-15-6-8-17(14)2/h3-4,6,8H,5,7,9H2,1-2H3,(H,18,19). The van der Waals surface area contributed by atoms with Crippen LogP contribution in [0.5, 0.6) is 0 Å². The average molecular weight is 323 g/mol. The van der Waals surface area contributed by atoms with Gasteiger partial charge in [-0.3, -0.25) is 9.59 Å². The van der Waals surface area contributed by atoms with Gasteiger partial charge in [-0.25, -0.2) is 4.98 Å². The van der Waals surface area contributed by atoms with Crippen molar-refractivity contribution < 1.29 is 19.1 Å². The number of nitrogens with zero attached hydrogens (tertiary/aromatic N) is 3. The largest absolute Gasteiger partial charge is 0.481 e. The molecular formula is C14H17N3O4S. The van der Waals surface area contributed by atoms with Gasteiger partial charge in [-0.2, -0.15) is 0 Å². The van der Waals surface area contributed by atoms with Crippen molar-refractivity contribution in [2.75, 3.05) is 13.6 Å². The molecular weight excluding hydrogens is 306 g/mol. The second-order valence-electron chi connectivity index (χ2n) is 4.75. The van der Waals surface area contributed by atoms with Gasteiger partial charge in [-0.15, -0.1) is 0 Å². The van der Waals surface area contributed by atoms with Gasteiger partial charge in [-0.05, 0) is 12.1 Å². The quantitative estimate of drug-likeness (QED) is 0.782. The van der Waals surface area contributed by atoms with Gasteiger partial charge in [0.15, 0.2) is 10.9 Å². The molecule has 0 unspecified atom stereocenters. The number of carbonyl (C=O) groups excluding carboxylic acids is 1. The lowest BCUT2D eigenvalue weighted by Gasteiger charge is -2.13. The summed E-state index contributed by atoms with van der Waals surface area (Å²) in [6.45, 7) is 0.145. The van der Waals surface area contributed by atoms with Gasteiger partial charge in [0.1, 0.15) is 5.76 Å². The molecule has 0 aliphatic rings. The first-order valence-electron chi connectivity index (χ1n) is 6.63. The summed E-state index contributed by atoms with van der Waals surface area (Å²) in [5, 5.41) is 9.49. The van der Waals surface area contributed by atoms with Crippen molar-refractivity contribution in [1.29, 1.82) is 0 Å². The molecule has 1 amide bonds. The SMILES string of the molecule is CN(CCC(=O)O)C(=O)c1ccc(CSc2nccn2C)o1. The predicted molar refractivity (Wildman–Crippen MR) is 80.7 cm³/mol. The van der Waals surface area contributed by atoms with Gasteiger partial charge in [0.25, 0.3) is 5.91 Å². The first kappa shape index (κ1) is 16.2. The van der Waals surface area contributed by atoms with Gasteiger partial charge in [0, 0.05) is 33.0 Å². The zero-order valence-corrected chi connectivity index (χ0v) is 13.2. The van der Waals surface area contributed by atoms with Crippen molar-refractivity contribution in [3.63, 3.8) is 0 Å². The number of furan rings is 1. The highest BCUT2D eigenvalue weighted by molar-refractivity contribution is 7.98. The molecule has 0 aliphatic carbocycles. The highest BCUT2D eigenvalue weighted by Gasteiger charge is 2.17. The van der Waals surface area contributed by atoms with E-state index in [0.29, 0.717) is 11.5 Å². The molecule has 2 rings (SSSR count). The zero-order valence-electron chi connectivity index (χ0n) is 12.4. The Bertz CT molecular complexity index is 665. The Kier molecular flexibility index (Phi) is 5.26. The number of thioether (sulfide) groups is 1. The average Bonchev–Trinajstić information content (AvgIpc) is 3.10. The molecule has 0 aliphatic heterocycles. The summed E-state index contributed by atoms with van der Waals surface area (Å²) in [5.74, 6) is 0.184. The molecule has 22 heavy (non-hydrogen) atoms. The predicted octanol–water partition coefficient (Wildman–Crippen LogP) is 1.85. The normalized spacial score (nSPS) is 10.6. The van der Waals surface area contributed by atoms with Gasteiger partial charge in [0.05, 0.1) is 12.2 Å². The Balaban J connectivity index is 1.91. The van der Waals surface area contributed by atoms with Crippen LogP contribution in [0, 0.1) is 0 Å². The molecule has 0 saturated heterocycles. The monoisotopic (exact) mass is 323 g/mol. The Morgan fingerprint density at radius 1 is 1.45 bits per heavy atom. The Morgan fingerprint density at radius 2 is 2.23 bits per heavy atom. The lowest BCUT2D eigenvalue weighted by atomic mass is 10.3. The van der Waals surface area contributed by atoms with Crippen LogP contribution in [0.2, 0.25) is 0 Å². The molecule has 0 spiro atoms. The summed E-state index contributed by atoms with van der Waals surface area (Å²) in [6.07, 6.45) is 3.48. The first-order valence-corrected chi connectivity index (χ1v) is 7.62. The maximum atomic E-state index is 12.1. The molecule has 2 aromatic rings. The molecule has 0 saturated carbocycles. The number of carbonyl (C=O) groups is 2.